The number of aromatic nitrogens is 1. The van der Waals surface area contributed by atoms with Crippen molar-refractivity contribution in [3.63, 3.8) is 0 Å². The first-order valence-corrected chi connectivity index (χ1v) is 7.20. The fourth-order valence-corrected chi connectivity index (χ4v) is 2.24. The lowest BCUT2D eigenvalue weighted by Gasteiger charge is -2.16. The summed E-state index contributed by atoms with van der Waals surface area (Å²) in [4.78, 5) is 29.1. The van der Waals surface area contributed by atoms with Crippen molar-refractivity contribution in [2.24, 2.45) is 0 Å². The minimum Gasteiger partial charge on any atom is -0.472 e. The van der Waals surface area contributed by atoms with E-state index >= 15 is 0 Å². The monoisotopic (exact) mass is 292 g/mol. The number of hydrogen-bond donors (Lipinski definition) is 0. The topological polar surface area (TPSA) is 68.7 Å². The van der Waals surface area contributed by atoms with Crippen LogP contribution in [0, 0.1) is 0 Å². The van der Waals surface area contributed by atoms with Gasteiger partial charge in [0.2, 0.25) is 11.8 Å². The van der Waals surface area contributed by atoms with Crippen LogP contribution in [0.1, 0.15) is 26.2 Å². The van der Waals surface area contributed by atoms with Gasteiger partial charge >= 0.3 is 5.97 Å². The minimum absolute atomic E-state index is 0.0322. The zero-order chi connectivity index (χ0) is 15.1. The summed E-state index contributed by atoms with van der Waals surface area (Å²) >= 11 is 0. The standard InChI is InChI=1S/C15H20N2O4/c1-2-20-15(19)7-6-14(18)17-10-8-12(11-17)21-13-5-3-4-9-16-13/h3-5,9,12H,2,6-8,10-11H2,1H3. The predicted octanol–water partition coefficient (Wildman–Crippen LogP) is 1.40. The Hall–Kier alpha value is -2.11. The molecule has 0 spiro atoms. The smallest absolute Gasteiger partial charge is 0.306 e. The Morgan fingerprint density at radius 1 is 1.38 bits per heavy atom. The van der Waals surface area contributed by atoms with Crippen LogP contribution in [0.5, 0.6) is 5.88 Å². The largest absolute Gasteiger partial charge is 0.472 e. The molecule has 1 aromatic rings. The number of amides is 1. The Balaban J connectivity index is 1.74. The first kappa shape index (κ1) is 15.3. The molecule has 0 bridgehead atoms. The van der Waals surface area contributed by atoms with E-state index in [0.717, 1.165) is 6.42 Å². The van der Waals surface area contributed by atoms with Crippen LogP contribution in [0.25, 0.3) is 0 Å². The molecule has 1 aliphatic rings. The summed E-state index contributed by atoms with van der Waals surface area (Å²) in [6.45, 7) is 3.29. The molecular weight excluding hydrogens is 272 g/mol. The number of hydrogen-bond acceptors (Lipinski definition) is 5. The highest BCUT2D eigenvalue weighted by Crippen LogP contribution is 2.17. The van der Waals surface area contributed by atoms with Gasteiger partial charge in [-0.25, -0.2) is 4.98 Å². The average molecular weight is 292 g/mol. The molecule has 2 rings (SSSR count). The van der Waals surface area contributed by atoms with Gasteiger partial charge in [0.25, 0.3) is 0 Å². The van der Waals surface area contributed by atoms with Gasteiger partial charge in [-0.2, -0.15) is 0 Å². The van der Waals surface area contributed by atoms with E-state index in [4.69, 9.17) is 9.47 Å². The number of likely N-dealkylation sites (tertiary alicyclic amines) is 1. The third kappa shape index (κ3) is 4.73. The van der Waals surface area contributed by atoms with Crippen molar-refractivity contribution < 1.29 is 19.1 Å². The van der Waals surface area contributed by atoms with Gasteiger partial charge < -0.3 is 14.4 Å². The van der Waals surface area contributed by atoms with Gasteiger partial charge in [0, 0.05) is 31.6 Å². The van der Waals surface area contributed by atoms with E-state index < -0.39 is 0 Å². The highest BCUT2D eigenvalue weighted by molar-refractivity contribution is 5.81. The van der Waals surface area contributed by atoms with Crippen molar-refractivity contribution in [1.29, 1.82) is 0 Å². The lowest BCUT2D eigenvalue weighted by Crippen LogP contribution is -2.31. The summed E-state index contributed by atoms with van der Waals surface area (Å²) in [7, 11) is 0. The molecule has 0 saturated carbocycles. The van der Waals surface area contributed by atoms with Crippen molar-refractivity contribution >= 4 is 11.9 Å². The Morgan fingerprint density at radius 2 is 2.24 bits per heavy atom. The number of esters is 1. The summed E-state index contributed by atoms with van der Waals surface area (Å²) in [5.41, 5.74) is 0. The lowest BCUT2D eigenvalue weighted by atomic mass is 10.3. The van der Waals surface area contributed by atoms with Crippen LogP contribution in [0.2, 0.25) is 0 Å². The molecule has 2 heterocycles. The Morgan fingerprint density at radius 3 is 2.95 bits per heavy atom. The van der Waals surface area contributed by atoms with E-state index in [0.29, 0.717) is 25.6 Å². The van der Waals surface area contributed by atoms with Gasteiger partial charge in [0.1, 0.15) is 6.10 Å². The van der Waals surface area contributed by atoms with Crippen LogP contribution >= 0.6 is 0 Å². The number of carbonyl (C=O) groups excluding carboxylic acids is 2. The highest BCUT2D eigenvalue weighted by atomic mass is 16.5. The van der Waals surface area contributed by atoms with Crippen molar-refractivity contribution in [3.8, 4) is 5.88 Å². The van der Waals surface area contributed by atoms with E-state index in [1.54, 1.807) is 24.1 Å². The second-order valence-corrected chi connectivity index (χ2v) is 4.84. The number of pyridine rings is 1. The second-order valence-electron chi connectivity index (χ2n) is 4.84. The molecule has 114 valence electrons. The molecule has 1 atom stereocenters. The molecule has 1 saturated heterocycles. The van der Waals surface area contributed by atoms with Crippen molar-refractivity contribution in [3.05, 3.63) is 24.4 Å². The molecular formula is C15H20N2O4. The Bertz CT molecular complexity index is 478. The quantitative estimate of drug-likeness (QED) is 0.741. The zero-order valence-corrected chi connectivity index (χ0v) is 12.2. The first-order chi connectivity index (χ1) is 10.2. The molecule has 1 unspecified atom stereocenters. The van der Waals surface area contributed by atoms with Crippen molar-refractivity contribution in [2.45, 2.75) is 32.3 Å². The first-order valence-electron chi connectivity index (χ1n) is 7.20. The molecule has 21 heavy (non-hydrogen) atoms. The van der Waals surface area contributed by atoms with Crippen molar-refractivity contribution in [1.82, 2.24) is 9.88 Å². The van der Waals surface area contributed by atoms with Crippen LogP contribution in [-0.2, 0) is 14.3 Å². The maximum Gasteiger partial charge on any atom is 0.306 e. The molecule has 0 N–H and O–H groups in total. The molecule has 1 aliphatic heterocycles. The maximum atomic E-state index is 12.0. The van der Waals surface area contributed by atoms with E-state index in [2.05, 4.69) is 4.98 Å². The molecule has 1 amide bonds. The van der Waals surface area contributed by atoms with Crippen LogP contribution in [0.3, 0.4) is 0 Å². The van der Waals surface area contributed by atoms with E-state index in [1.807, 2.05) is 12.1 Å². The summed E-state index contributed by atoms with van der Waals surface area (Å²) in [6, 6.07) is 5.48. The maximum absolute atomic E-state index is 12.0. The molecule has 6 heteroatoms. The Labute approximate surface area is 124 Å². The molecule has 1 aromatic heterocycles. The normalized spacial score (nSPS) is 17.6. The number of nitrogens with zero attached hydrogens (tertiary/aromatic N) is 2. The van der Waals surface area contributed by atoms with Gasteiger partial charge in [-0.15, -0.1) is 0 Å². The van der Waals surface area contributed by atoms with Gasteiger partial charge in [0.05, 0.1) is 19.6 Å². The van der Waals surface area contributed by atoms with Gasteiger partial charge in [0.15, 0.2) is 0 Å². The molecule has 0 aromatic carbocycles. The Kier molecular flexibility index (Phi) is 5.54. The fourth-order valence-electron chi connectivity index (χ4n) is 2.24. The third-order valence-corrected chi connectivity index (χ3v) is 3.27. The molecule has 1 fully saturated rings. The zero-order valence-electron chi connectivity index (χ0n) is 12.2. The van der Waals surface area contributed by atoms with E-state index in [1.165, 1.54) is 0 Å². The lowest BCUT2D eigenvalue weighted by molar-refractivity contribution is -0.145. The van der Waals surface area contributed by atoms with E-state index in [-0.39, 0.29) is 30.8 Å². The summed E-state index contributed by atoms with van der Waals surface area (Å²) < 4.78 is 10.5. The minimum atomic E-state index is -0.327. The molecule has 6 nitrogen and oxygen atoms in total. The number of ether oxygens (including phenoxy) is 2. The van der Waals surface area contributed by atoms with Crippen LogP contribution < -0.4 is 4.74 Å². The average Bonchev–Trinajstić information content (AvgIpc) is 2.95. The summed E-state index contributed by atoms with van der Waals surface area (Å²) in [5, 5.41) is 0. The summed E-state index contributed by atoms with van der Waals surface area (Å²) in [6.07, 6.45) is 2.74. The van der Waals surface area contributed by atoms with Crippen molar-refractivity contribution in [2.75, 3.05) is 19.7 Å². The van der Waals surface area contributed by atoms with Gasteiger partial charge in [-0.1, -0.05) is 6.07 Å². The van der Waals surface area contributed by atoms with Crippen LogP contribution in [-0.4, -0.2) is 47.6 Å². The van der Waals surface area contributed by atoms with Gasteiger partial charge in [-0.05, 0) is 13.0 Å². The van der Waals surface area contributed by atoms with Crippen LogP contribution in [0.4, 0.5) is 0 Å². The second kappa shape index (κ2) is 7.61. The van der Waals surface area contributed by atoms with E-state index in [9.17, 15) is 9.59 Å². The fraction of sp³-hybridized carbons (Fsp3) is 0.533. The number of carbonyl (C=O) groups is 2. The highest BCUT2D eigenvalue weighted by Gasteiger charge is 2.27. The summed E-state index contributed by atoms with van der Waals surface area (Å²) in [5.74, 6) is 0.213. The predicted molar refractivity (Wildman–Crippen MR) is 75.7 cm³/mol. The SMILES string of the molecule is CCOC(=O)CCC(=O)N1CCC(Oc2ccccn2)C1. The number of rotatable bonds is 6. The van der Waals surface area contributed by atoms with Gasteiger partial charge in [-0.3, -0.25) is 9.59 Å². The third-order valence-electron chi connectivity index (χ3n) is 3.27. The molecule has 0 aliphatic carbocycles. The van der Waals surface area contributed by atoms with Crippen LogP contribution in [0.15, 0.2) is 24.4 Å². The molecule has 0 radical (unpaired) electrons.